The van der Waals surface area contributed by atoms with E-state index in [-0.39, 0.29) is 0 Å². The number of halogens is 3. The molecule has 20 heavy (non-hydrogen) atoms. The van der Waals surface area contributed by atoms with Gasteiger partial charge in [-0.3, -0.25) is 0 Å². The zero-order valence-corrected chi connectivity index (χ0v) is 11.3. The Bertz CT molecular complexity index is 588. The molecule has 0 fully saturated rings. The van der Waals surface area contributed by atoms with Gasteiger partial charge in [-0.05, 0) is 31.5 Å². The zero-order valence-electron chi connectivity index (χ0n) is 11.3. The predicted molar refractivity (Wildman–Crippen MR) is 71.7 cm³/mol. The van der Waals surface area contributed by atoms with E-state index in [0.29, 0.717) is 24.6 Å². The molecule has 0 unspecified atom stereocenters. The molecule has 1 aromatic heterocycles. The third-order valence-electron chi connectivity index (χ3n) is 2.84. The number of alkyl halides is 3. The normalized spacial score (nSPS) is 11.7. The highest BCUT2D eigenvalue weighted by atomic mass is 19.4. The number of rotatable bonds is 4. The van der Waals surface area contributed by atoms with Gasteiger partial charge in [0.25, 0.3) is 0 Å². The predicted octanol–water partition coefficient (Wildman–Crippen LogP) is 3.69. The summed E-state index contributed by atoms with van der Waals surface area (Å²) < 4.78 is 39.9. The number of aryl methyl sites for hydroxylation is 1. The second-order valence-electron chi connectivity index (χ2n) is 4.56. The second-order valence-corrected chi connectivity index (χ2v) is 4.56. The molecule has 0 aliphatic heterocycles. The minimum absolute atomic E-state index is 0.354. The summed E-state index contributed by atoms with van der Waals surface area (Å²) in [6, 6.07) is 5.36. The van der Waals surface area contributed by atoms with Crippen molar-refractivity contribution in [3.8, 4) is 0 Å². The molecule has 1 aromatic carbocycles. The van der Waals surface area contributed by atoms with Crippen molar-refractivity contribution in [2.24, 2.45) is 0 Å². The Morgan fingerprint density at radius 1 is 1.30 bits per heavy atom. The molecule has 108 valence electrons. The summed E-state index contributed by atoms with van der Waals surface area (Å²) in [7, 11) is 0. The Morgan fingerprint density at radius 3 is 2.70 bits per heavy atom. The van der Waals surface area contributed by atoms with Gasteiger partial charge in [-0.15, -0.1) is 0 Å². The Kier molecular flexibility index (Phi) is 4.01. The monoisotopic (exact) mass is 283 g/mol. The zero-order chi connectivity index (χ0) is 14.8. The number of anilines is 1. The molecule has 0 bridgehead atoms. The topological polar surface area (TPSA) is 29.9 Å². The van der Waals surface area contributed by atoms with E-state index in [9.17, 15) is 13.2 Å². The average molecular weight is 283 g/mol. The highest BCUT2D eigenvalue weighted by molar-refractivity contribution is 5.32. The van der Waals surface area contributed by atoms with Gasteiger partial charge in [-0.2, -0.15) is 13.2 Å². The van der Waals surface area contributed by atoms with Gasteiger partial charge < -0.3 is 9.88 Å². The van der Waals surface area contributed by atoms with Crippen LogP contribution in [0.2, 0.25) is 0 Å². The van der Waals surface area contributed by atoms with Crippen LogP contribution in [0.1, 0.15) is 23.7 Å². The summed E-state index contributed by atoms with van der Waals surface area (Å²) in [5.41, 5.74) is 0.793. The molecule has 0 saturated carbocycles. The quantitative estimate of drug-likeness (QED) is 0.927. The summed E-state index contributed by atoms with van der Waals surface area (Å²) >= 11 is 0. The Hall–Kier alpha value is -1.98. The SMILES string of the molecule is CCNc1nc(C)cn1Cc1cccc(C(F)(F)F)c1. The summed E-state index contributed by atoms with van der Waals surface area (Å²) in [5.74, 6) is 0.669. The van der Waals surface area contributed by atoms with Gasteiger partial charge >= 0.3 is 6.18 Å². The lowest BCUT2D eigenvalue weighted by atomic mass is 10.1. The first-order valence-corrected chi connectivity index (χ1v) is 6.34. The Labute approximate surface area is 115 Å². The van der Waals surface area contributed by atoms with E-state index in [2.05, 4.69) is 10.3 Å². The van der Waals surface area contributed by atoms with Crippen LogP contribution in [0.25, 0.3) is 0 Å². The van der Waals surface area contributed by atoms with Gasteiger partial charge in [-0.25, -0.2) is 4.98 Å². The summed E-state index contributed by atoms with van der Waals surface area (Å²) in [4.78, 5) is 4.30. The number of hydrogen-bond acceptors (Lipinski definition) is 2. The molecule has 2 rings (SSSR count). The molecule has 0 aliphatic carbocycles. The third kappa shape index (κ3) is 3.31. The molecule has 2 aromatic rings. The fourth-order valence-corrected chi connectivity index (χ4v) is 2.01. The molecule has 0 radical (unpaired) electrons. The molecular weight excluding hydrogens is 267 g/mol. The highest BCUT2D eigenvalue weighted by Gasteiger charge is 2.30. The minimum Gasteiger partial charge on any atom is -0.356 e. The van der Waals surface area contributed by atoms with Gasteiger partial charge in [-0.1, -0.05) is 12.1 Å². The molecule has 1 N–H and O–H groups in total. The smallest absolute Gasteiger partial charge is 0.356 e. The van der Waals surface area contributed by atoms with Gasteiger partial charge in [0.1, 0.15) is 0 Å². The fraction of sp³-hybridized carbons (Fsp3) is 0.357. The van der Waals surface area contributed by atoms with Gasteiger partial charge in [0, 0.05) is 12.7 Å². The number of imidazole rings is 1. The third-order valence-corrected chi connectivity index (χ3v) is 2.84. The molecule has 0 spiro atoms. The molecule has 0 atom stereocenters. The maximum atomic E-state index is 12.7. The van der Waals surface area contributed by atoms with Crippen molar-refractivity contribution in [1.82, 2.24) is 9.55 Å². The van der Waals surface area contributed by atoms with Crippen LogP contribution in [-0.2, 0) is 12.7 Å². The van der Waals surface area contributed by atoms with Gasteiger partial charge in [0.2, 0.25) is 5.95 Å². The fourth-order valence-electron chi connectivity index (χ4n) is 2.01. The first-order chi connectivity index (χ1) is 9.40. The van der Waals surface area contributed by atoms with Crippen molar-refractivity contribution >= 4 is 5.95 Å². The van der Waals surface area contributed by atoms with Crippen LogP contribution in [0.3, 0.4) is 0 Å². The molecule has 1 heterocycles. The Balaban J connectivity index is 2.26. The van der Waals surface area contributed by atoms with Crippen molar-refractivity contribution in [2.75, 3.05) is 11.9 Å². The van der Waals surface area contributed by atoms with E-state index in [4.69, 9.17) is 0 Å². The maximum Gasteiger partial charge on any atom is 0.416 e. The van der Waals surface area contributed by atoms with E-state index in [1.807, 2.05) is 24.6 Å². The molecule has 0 aliphatic rings. The van der Waals surface area contributed by atoms with Crippen LogP contribution in [0.5, 0.6) is 0 Å². The maximum absolute atomic E-state index is 12.7. The second kappa shape index (κ2) is 5.56. The van der Waals surface area contributed by atoms with Crippen LogP contribution < -0.4 is 5.32 Å². The first kappa shape index (κ1) is 14.4. The molecule has 0 saturated heterocycles. The van der Waals surface area contributed by atoms with E-state index in [1.54, 1.807) is 6.07 Å². The van der Waals surface area contributed by atoms with E-state index in [1.165, 1.54) is 12.1 Å². The lowest BCUT2D eigenvalue weighted by Crippen LogP contribution is -2.09. The van der Waals surface area contributed by atoms with Crippen LogP contribution in [0, 0.1) is 6.92 Å². The molecule has 6 heteroatoms. The average Bonchev–Trinajstić information content (AvgIpc) is 2.69. The van der Waals surface area contributed by atoms with E-state index in [0.717, 1.165) is 11.8 Å². The molecule has 0 amide bonds. The van der Waals surface area contributed by atoms with Crippen LogP contribution in [0.15, 0.2) is 30.5 Å². The van der Waals surface area contributed by atoms with Crippen LogP contribution in [0.4, 0.5) is 19.1 Å². The number of benzene rings is 1. The summed E-state index contributed by atoms with van der Waals surface area (Å²) in [6.45, 7) is 4.86. The number of nitrogens with zero attached hydrogens (tertiary/aromatic N) is 2. The highest BCUT2D eigenvalue weighted by Crippen LogP contribution is 2.29. The number of hydrogen-bond donors (Lipinski definition) is 1. The van der Waals surface area contributed by atoms with Crippen molar-refractivity contribution in [1.29, 1.82) is 0 Å². The minimum atomic E-state index is -4.31. The van der Waals surface area contributed by atoms with E-state index < -0.39 is 11.7 Å². The lowest BCUT2D eigenvalue weighted by molar-refractivity contribution is -0.137. The number of aromatic nitrogens is 2. The van der Waals surface area contributed by atoms with Crippen molar-refractivity contribution < 1.29 is 13.2 Å². The summed E-state index contributed by atoms with van der Waals surface area (Å²) in [5, 5.41) is 3.09. The number of nitrogens with one attached hydrogen (secondary N) is 1. The van der Waals surface area contributed by atoms with Crippen molar-refractivity contribution in [3.63, 3.8) is 0 Å². The molecule has 3 nitrogen and oxygen atoms in total. The van der Waals surface area contributed by atoms with Crippen molar-refractivity contribution in [2.45, 2.75) is 26.6 Å². The Morgan fingerprint density at radius 2 is 2.05 bits per heavy atom. The standard InChI is InChI=1S/C14H16F3N3/c1-3-18-13-19-10(2)8-20(13)9-11-5-4-6-12(7-11)14(15,16)17/h4-8H,3,9H2,1-2H3,(H,18,19). The molecular formula is C14H16F3N3. The van der Waals surface area contributed by atoms with Crippen LogP contribution in [-0.4, -0.2) is 16.1 Å². The largest absolute Gasteiger partial charge is 0.416 e. The van der Waals surface area contributed by atoms with Crippen molar-refractivity contribution in [3.05, 3.63) is 47.3 Å². The van der Waals surface area contributed by atoms with Gasteiger partial charge in [0.05, 0.1) is 17.8 Å². The first-order valence-electron chi connectivity index (χ1n) is 6.34. The van der Waals surface area contributed by atoms with Crippen LogP contribution >= 0.6 is 0 Å². The van der Waals surface area contributed by atoms with Gasteiger partial charge in [0.15, 0.2) is 0 Å². The lowest BCUT2D eigenvalue weighted by Gasteiger charge is -2.11. The van der Waals surface area contributed by atoms with E-state index >= 15 is 0 Å². The summed E-state index contributed by atoms with van der Waals surface area (Å²) in [6.07, 6.45) is -2.50.